The van der Waals surface area contributed by atoms with E-state index in [1.165, 1.54) is 6.92 Å². The number of methoxy groups -OCH3 is 1. The zero-order valence-corrected chi connectivity index (χ0v) is 10.8. The van der Waals surface area contributed by atoms with E-state index in [4.69, 9.17) is 11.6 Å². The van der Waals surface area contributed by atoms with Gasteiger partial charge in [-0.05, 0) is 13.0 Å². The Hall–Kier alpha value is -2.22. The molecular formula is C10H10ClN3O5. The van der Waals surface area contributed by atoms with Gasteiger partial charge in [0, 0.05) is 6.20 Å². The number of pyridine rings is 1. The molecule has 0 aromatic carbocycles. The van der Waals surface area contributed by atoms with Gasteiger partial charge in [-0.1, -0.05) is 11.6 Å². The smallest absolute Gasteiger partial charge is 0.328 e. The van der Waals surface area contributed by atoms with Gasteiger partial charge in [-0.3, -0.25) is 14.9 Å². The third-order valence-corrected chi connectivity index (χ3v) is 2.49. The SMILES string of the molecule is COC(=O)[C@H](C)NC(=O)c1ccnc(Cl)c1[N+](=O)[O-]. The number of hydrogen-bond acceptors (Lipinski definition) is 6. The Balaban J connectivity index is 3.04. The Morgan fingerprint density at radius 1 is 1.58 bits per heavy atom. The van der Waals surface area contributed by atoms with Crippen LogP contribution in [0.25, 0.3) is 0 Å². The van der Waals surface area contributed by atoms with Crippen molar-refractivity contribution in [3.8, 4) is 0 Å². The van der Waals surface area contributed by atoms with E-state index in [-0.39, 0.29) is 5.56 Å². The highest BCUT2D eigenvalue weighted by Gasteiger charge is 2.26. The summed E-state index contributed by atoms with van der Waals surface area (Å²) in [5.41, 5.74) is -0.889. The minimum absolute atomic E-state index is 0.277. The van der Waals surface area contributed by atoms with E-state index in [0.29, 0.717) is 0 Å². The number of carbonyl (C=O) groups is 2. The lowest BCUT2D eigenvalue weighted by Crippen LogP contribution is -2.39. The molecule has 1 heterocycles. The van der Waals surface area contributed by atoms with Gasteiger partial charge in [-0.25, -0.2) is 9.78 Å². The minimum atomic E-state index is -0.941. The van der Waals surface area contributed by atoms with Gasteiger partial charge in [0.25, 0.3) is 5.91 Å². The maximum Gasteiger partial charge on any atom is 0.328 e. The summed E-state index contributed by atoms with van der Waals surface area (Å²) in [6.45, 7) is 1.39. The van der Waals surface area contributed by atoms with Crippen LogP contribution in [0.3, 0.4) is 0 Å². The molecule has 1 rings (SSSR count). The fraction of sp³-hybridized carbons (Fsp3) is 0.300. The second kappa shape index (κ2) is 6.10. The average molecular weight is 288 g/mol. The zero-order chi connectivity index (χ0) is 14.6. The molecule has 9 heteroatoms. The van der Waals surface area contributed by atoms with Gasteiger partial charge in [0.1, 0.15) is 11.6 Å². The fourth-order valence-corrected chi connectivity index (χ4v) is 1.52. The molecule has 0 saturated heterocycles. The Kier molecular flexibility index (Phi) is 4.76. The molecular weight excluding hydrogens is 278 g/mol. The first kappa shape index (κ1) is 14.8. The fourth-order valence-electron chi connectivity index (χ4n) is 1.30. The first-order chi connectivity index (χ1) is 8.88. The van der Waals surface area contributed by atoms with Crippen molar-refractivity contribution < 1.29 is 19.2 Å². The maximum atomic E-state index is 11.8. The number of ether oxygens (including phenoxy) is 1. The molecule has 19 heavy (non-hydrogen) atoms. The molecule has 0 fully saturated rings. The highest BCUT2D eigenvalue weighted by molar-refractivity contribution is 6.32. The molecule has 0 spiro atoms. The van der Waals surface area contributed by atoms with Gasteiger partial charge in [0.15, 0.2) is 0 Å². The molecule has 0 bridgehead atoms. The normalized spacial score (nSPS) is 11.5. The molecule has 0 unspecified atom stereocenters. The quantitative estimate of drug-likeness (QED) is 0.382. The predicted octanol–water partition coefficient (Wildman–Crippen LogP) is 0.934. The first-order valence-corrected chi connectivity index (χ1v) is 5.43. The van der Waals surface area contributed by atoms with Gasteiger partial charge in [0.05, 0.1) is 12.0 Å². The van der Waals surface area contributed by atoms with E-state index in [0.717, 1.165) is 19.4 Å². The number of nitrogens with one attached hydrogen (secondary N) is 1. The topological polar surface area (TPSA) is 111 Å². The standard InChI is InChI=1S/C10H10ClN3O5/c1-5(10(16)19-2)13-9(15)6-3-4-12-8(11)7(6)14(17)18/h3-5H,1-2H3,(H,13,15)/t5-/m0/s1. The van der Waals surface area contributed by atoms with Crippen LogP contribution in [0.5, 0.6) is 0 Å². The van der Waals surface area contributed by atoms with Crippen molar-refractivity contribution in [3.63, 3.8) is 0 Å². The molecule has 8 nitrogen and oxygen atoms in total. The van der Waals surface area contributed by atoms with Crippen LogP contribution in [0.4, 0.5) is 5.69 Å². The van der Waals surface area contributed by atoms with E-state index in [1.807, 2.05) is 0 Å². The third-order valence-electron chi connectivity index (χ3n) is 2.21. The number of carbonyl (C=O) groups excluding carboxylic acids is 2. The number of hydrogen-bond donors (Lipinski definition) is 1. The summed E-state index contributed by atoms with van der Waals surface area (Å²) in [5, 5.41) is 12.7. The van der Waals surface area contributed by atoms with Crippen LogP contribution in [0.1, 0.15) is 17.3 Å². The van der Waals surface area contributed by atoms with Crippen LogP contribution >= 0.6 is 11.6 Å². The number of aromatic nitrogens is 1. The second-order valence-electron chi connectivity index (χ2n) is 3.47. The van der Waals surface area contributed by atoms with Crippen LogP contribution in [-0.2, 0) is 9.53 Å². The van der Waals surface area contributed by atoms with Crippen LogP contribution in [0, 0.1) is 10.1 Å². The lowest BCUT2D eigenvalue weighted by molar-refractivity contribution is -0.385. The Labute approximate surface area is 112 Å². The number of halogens is 1. The van der Waals surface area contributed by atoms with Gasteiger partial charge in [-0.2, -0.15) is 0 Å². The van der Waals surface area contributed by atoms with Crippen LogP contribution in [-0.4, -0.2) is 34.9 Å². The number of esters is 1. The maximum absolute atomic E-state index is 11.8. The molecule has 0 aliphatic heterocycles. The summed E-state index contributed by atoms with van der Waals surface area (Å²) in [6, 6.07) is 0.202. The summed E-state index contributed by atoms with van der Waals surface area (Å²) in [4.78, 5) is 36.5. The molecule has 1 aromatic rings. The highest BCUT2D eigenvalue weighted by atomic mass is 35.5. The summed E-state index contributed by atoms with van der Waals surface area (Å²) in [5.74, 6) is -1.48. The van der Waals surface area contributed by atoms with Crippen molar-refractivity contribution in [1.29, 1.82) is 0 Å². The third kappa shape index (κ3) is 3.38. The molecule has 0 saturated carbocycles. The van der Waals surface area contributed by atoms with Crippen molar-refractivity contribution in [2.24, 2.45) is 0 Å². The van der Waals surface area contributed by atoms with Crippen molar-refractivity contribution >= 4 is 29.2 Å². The summed E-state index contributed by atoms with van der Waals surface area (Å²) in [7, 11) is 1.16. The predicted molar refractivity (Wildman–Crippen MR) is 64.8 cm³/mol. The molecule has 0 aliphatic rings. The number of rotatable bonds is 4. The largest absolute Gasteiger partial charge is 0.467 e. The lowest BCUT2D eigenvalue weighted by Gasteiger charge is -2.11. The van der Waals surface area contributed by atoms with E-state index in [1.54, 1.807) is 0 Å². The molecule has 0 aliphatic carbocycles. The van der Waals surface area contributed by atoms with Gasteiger partial charge >= 0.3 is 11.7 Å². The lowest BCUT2D eigenvalue weighted by atomic mass is 10.2. The molecule has 1 atom stereocenters. The summed E-state index contributed by atoms with van der Waals surface area (Å²) in [6.07, 6.45) is 1.16. The van der Waals surface area contributed by atoms with E-state index >= 15 is 0 Å². The first-order valence-electron chi connectivity index (χ1n) is 5.06. The van der Waals surface area contributed by atoms with E-state index < -0.39 is 33.7 Å². The highest BCUT2D eigenvalue weighted by Crippen LogP contribution is 2.25. The van der Waals surface area contributed by atoms with Crippen molar-refractivity contribution in [2.45, 2.75) is 13.0 Å². The van der Waals surface area contributed by atoms with Crippen molar-refractivity contribution in [3.05, 3.63) is 33.1 Å². The second-order valence-corrected chi connectivity index (χ2v) is 3.83. The Bertz CT molecular complexity index is 534. The summed E-state index contributed by atoms with van der Waals surface area (Å²) >= 11 is 5.57. The van der Waals surface area contributed by atoms with Crippen LogP contribution in [0.15, 0.2) is 12.3 Å². The number of nitrogens with zero attached hydrogens (tertiary/aromatic N) is 2. The van der Waals surface area contributed by atoms with Gasteiger partial charge < -0.3 is 10.1 Å². The number of nitro groups is 1. The molecule has 1 aromatic heterocycles. The number of amides is 1. The minimum Gasteiger partial charge on any atom is -0.467 e. The Morgan fingerprint density at radius 3 is 2.74 bits per heavy atom. The molecule has 102 valence electrons. The molecule has 0 radical (unpaired) electrons. The van der Waals surface area contributed by atoms with E-state index in [2.05, 4.69) is 15.0 Å². The molecule has 1 N–H and O–H groups in total. The van der Waals surface area contributed by atoms with Crippen molar-refractivity contribution in [1.82, 2.24) is 10.3 Å². The summed E-state index contributed by atoms with van der Waals surface area (Å²) < 4.78 is 4.42. The zero-order valence-electron chi connectivity index (χ0n) is 10.0. The molecule has 1 amide bonds. The van der Waals surface area contributed by atoms with Crippen molar-refractivity contribution in [2.75, 3.05) is 7.11 Å². The Morgan fingerprint density at radius 2 is 2.21 bits per heavy atom. The van der Waals surface area contributed by atoms with Crippen LogP contribution in [0.2, 0.25) is 5.15 Å². The monoisotopic (exact) mass is 287 g/mol. The van der Waals surface area contributed by atoms with Crippen LogP contribution < -0.4 is 5.32 Å². The van der Waals surface area contributed by atoms with Gasteiger partial charge in [0.2, 0.25) is 5.15 Å². The van der Waals surface area contributed by atoms with E-state index in [9.17, 15) is 19.7 Å². The van der Waals surface area contributed by atoms with Gasteiger partial charge in [-0.15, -0.1) is 0 Å². The average Bonchev–Trinajstić information content (AvgIpc) is 2.36.